The van der Waals surface area contributed by atoms with E-state index in [-0.39, 0.29) is 4.70 Å². The summed E-state index contributed by atoms with van der Waals surface area (Å²) in [6.07, 6.45) is 16.5. The van der Waals surface area contributed by atoms with Gasteiger partial charge in [-0.25, -0.2) is 0 Å². The van der Waals surface area contributed by atoms with E-state index in [1.54, 1.807) is 0 Å². The predicted octanol–water partition coefficient (Wildman–Crippen LogP) is 7.38. The van der Waals surface area contributed by atoms with Crippen LogP contribution in [-0.2, 0) is 14.2 Å². The molecule has 0 aromatic rings. The summed E-state index contributed by atoms with van der Waals surface area (Å²) in [6, 6.07) is 0. The lowest BCUT2D eigenvalue weighted by Crippen LogP contribution is -2.40. The summed E-state index contributed by atoms with van der Waals surface area (Å²) in [5.74, 6) is -0.803. The number of hydrogen-bond donors (Lipinski definition) is 0. The second-order valence-corrected chi connectivity index (χ2v) is 7.16. The Hall–Kier alpha value is -0.190. The molecule has 0 aliphatic rings. The van der Waals surface area contributed by atoms with Gasteiger partial charge in [0.15, 0.2) is 0 Å². The maximum absolute atomic E-state index is 6.16. The van der Waals surface area contributed by atoms with Crippen LogP contribution in [0.1, 0.15) is 118 Å². The third kappa shape index (κ3) is 16.0. The molecule has 0 aliphatic carbocycles. The summed E-state index contributed by atoms with van der Waals surface area (Å²) >= 11 is 0. The fourth-order valence-corrected chi connectivity index (χ4v) is 2.76. The minimum absolute atomic E-state index is 0. The first kappa shape index (κ1) is 28.0. The van der Waals surface area contributed by atoms with Crippen LogP contribution in [0, 0.1) is 0 Å². The van der Waals surface area contributed by atoms with Gasteiger partial charge < -0.3 is 14.2 Å². The monoisotopic (exact) mass is 378 g/mol. The van der Waals surface area contributed by atoms with Crippen LogP contribution in [0.15, 0.2) is 0 Å². The summed E-state index contributed by atoms with van der Waals surface area (Å²) in [5.41, 5.74) is 0. The minimum Gasteiger partial charge on any atom is -0.327 e. The fourth-order valence-electron chi connectivity index (χ4n) is 2.76. The van der Waals surface area contributed by atoms with Crippen molar-refractivity contribution in [3.8, 4) is 0 Å². The van der Waals surface area contributed by atoms with Crippen LogP contribution in [0.2, 0.25) is 0 Å². The molecule has 3 nitrogen and oxygen atoms in total. The molecule has 0 saturated carbocycles. The Morgan fingerprint density at radius 1 is 0.462 bits per heavy atom. The molecule has 0 aliphatic heterocycles. The summed E-state index contributed by atoms with van der Waals surface area (Å²) in [7, 11) is 0. The molecule has 26 heavy (non-hydrogen) atoms. The Kier molecular flexibility index (Phi) is 22.8. The van der Waals surface area contributed by atoms with Crippen LogP contribution in [-0.4, -0.2) is 25.8 Å². The SMILES string of the molecule is CCCCCCCCCC(OCCCC)(OCCCC)OCCCC.F. The van der Waals surface area contributed by atoms with E-state index in [1.807, 2.05) is 0 Å². The van der Waals surface area contributed by atoms with Crippen molar-refractivity contribution in [3.63, 3.8) is 0 Å². The van der Waals surface area contributed by atoms with Crippen LogP contribution in [0.25, 0.3) is 0 Å². The van der Waals surface area contributed by atoms with Gasteiger partial charge in [0.2, 0.25) is 0 Å². The van der Waals surface area contributed by atoms with E-state index < -0.39 is 5.97 Å². The zero-order valence-corrected chi connectivity index (χ0v) is 18.2. The highest BCUT2D eigenvalue weighted by Gasteiger charge is 2.32. The molecule has 0 radical (unpaired) electrons. The maximum Gasteiger partial charge on any atom is 0.282 e. The summed E-state index contributed by atoms with van der Waals surface area (Å²) < 4.78 is 18.5. The molecule has 0 fully saturated rings. The van der Waals surface area contributed by atoms with Gasteiger partial charge >= 0.3 is 0 Å². The lowest BCUT2D eigenvalue weighted by atomic mass is 10.1. The molecule has 0 N–H and O–H groups in total. The first-order chi connectivity index (χ1) is 12.2. The smallest absolute Gasteiger partial charge is 0.282 e. The normalized spacial score (nSPS) is 11.5. The topological polar surface area (TPSA) is 27.7 Å². The zero-order valence-electron chi connectivity index (χ0n) is 18.2. The first-order valence-corrected chi connectivity index (χ1v) is 11.2. The van der Waals surface area contributed by atoms with Gasteiger partial charge in [0.1, 0.15) is 0 Å². The average molecular weight is 379 g/mol. The number of unbranched alkanes of at least 4 members (excludes halogenated alkanes) is 9. The zero-order chi connectivity index (χ0) is 18.6. The molecule has 160 valence electrons. The largest absolute Gasteiger partial charge is 0.327 e. The van der Waals surface area contributed by atoms with Crippen molar-refractivity contribution in [1.82, 2.24) is 0 Å². The van der Waals surface area contributed by atoms with E-state index in [9.17, 15) is 0 Å². The third-order valence-corrected chi connectivity index (χ3v) is 4.55. The van der Waals surface area contributed by atoms with Crippen LogP contribution in [0.3, 0.4) is 0 Å². The van der Waals surface area contributed by atoms with E-state index >= 15 is 0 Å². The van der Waals surface area contributed by atoms with Crippen molar-refractivity contribution in [3.05, 3.63) is 0 Å². The van der Waals surface area contributed by atoms with Crippen LogP contribution in [0.4, 0.5) is 4.70 Å². The molecule has 0 saturated heterocycles. The van der Waals surface area contributed by atoms with E-state index in [2.05, 4.69) is 27.7 Å². The second-order valence-electron chi connectivity index (χ2n) is 7.16. The van der Waals surface area contributed by atoms with Crippen LogP contribution in [0.5, 0.6) is 0 Å². The number of rotatable bonds is 20. The molecule has 0 spiro atoms. The van der Waals surface area contributed by atoms with Crippen molar-refractivity contribution >= 4 is 0 Å². The van der Waals surface area contributed by atoms with Crippen molar-refractivity contribution in [2.45, 2.75) is 124 Å². The Labute approximate surface area is 162 Å². The lowest BCUT2D eigenvalue weighted by Gasteiger charge is -2.33. The van der Waals surface area contributed by atoms with E-state index in [0.29, 0.717) is 0 Å². The van der Waals surface area contributed by atoms with Gasteiger partial charge in [-0.05, 0) is 25.7 Å². The van der Waals surface area contributed by atoms with Crippen molar-refractivity contribution < 1.29 is 18.9 Å². The molecule has 0 unspecified atom stereocenters. The van der Waals surface area contributed by atoms with Gasteiger partial charge in [0.05, 0.1) is 19.8 Å². The maximum atomic E-state index is 6.16. The number of halogens is 1. The molecule has 0 rings (SSSR count). The predicted molar refractivity (Wildman–Crippen MR) is 110 cm³/mol. The summed E-state index contributed by atoms with van der Waals surface area (Å²) in [6.45, 7) is 11.0. The van der Waals surface area contributed by atoms with E-state index in [1.165, 1.54) is 38.5 Å². The molecule has 0 aromatic carbocycles. The van der Waals surface area contributed by atoms with Crippen molar-refractivity contribution in [1.29, 1.82) is 0 Å². The van der Waals surface area contributed by atoms with Gasteiger partial charge in [-0.1, -0.05) is 85.5 Å². The third-order valence-electron chi connectivity index (χ3n) is 4.55. The standard InChI is InChI=1S/C22H46O3.FH/c1-5-9-13-14-15-16-17-18-22(23-19-10-6-2,24-20-11-7-3)25-21-12-8-4;/h5-21H2,1-4H3;1H. The van der Waals surface area contributed by atoms with Gasteiger partial charge in [-0.2, -0.15) is 0 Å². The van der Waals surface area contributed by atoms with Gasteiger partial charge in [0, 0.05) is 6.42 Å². The molecule has 0 aromatic heterocycles. The summed E-state index contributed by atoms with van der Waals surface area (Å²) in [4.78, 5) is 0. The molecule has 0 amide bonds. The van der Waals surface area contributed by atoms with Gasteiger partial charge in [-0.3, -0.25) is 4.70 Å². The van der Waals surface area contributed by atoms with Crippen molar-refractivity contribution in [2.24, 2.45) is 0 Å². The number of hydrogen-bond acceptors (Lipinski definition) is 3. The highest BCUT2D eigenvalue weighted by molar-refractivity contribution is 4.61. The van der Waals surface area contributed by atoms with E-state index in [0.717, 1.165) is 71.2 Å². The Bertz CT molecular complexity index is 235. The molecule has 0 bridgehead atoms. The van der Waals surface area contributed by atoms with Crippen molar-refractivity contribution in [2.75, 3.05) is 19.8 Å². The Morgan fingerprint density at radius 2 is 0.808 bits per heavy atom. The van der Waals surface area contributed by atoms with Gasteiger partial charge in [-0.15, -0.1) is 0 Å². The molecule has 4 heteroatoms. The summed E-state index contributed by atoms with van der Waals surface area (Å²) in [5, 5.41) is 0. The van der Waals surface area contributed by atoms with E-state index in [4.69, 9.17) is 14.2 Å². The minimum atomic E-state index is -0.803. The van der Waals surface area contributed by atoms with Crippen LogP contribution >= 0.6 is 0 Å². The first-order valence-electron chi connectivity index (χ1n) is 11.2. The molecule has 0 heterocycles. The molecular formula is C22H47FO3. The highest BCUT2D eigenvalue weighted by Crippen LogP contribution is 2.25. The number of ether oxygens (including phenoxy) is 3. The quantitative estimate of drug-likeness (QED) is 0.163. The average Bonchev–Trinajstić information content (AvgIpc) is 2.61. The molecule has 0 atom stereocenters. The highest BCUT2D eigenvalue weighted by atomic mass is 19.0. The Morgan fingerprint density at radius 3 is 1.19 bits per heavy atom. The fraction of sp³-hybridized carbons (Fsp3) is 1.00. The lowest BCUT2D eigenvalue weighted by molar-refractivity contribution is -0.384. The second kappa shape index (κ2) is 21.1. The molecular weight excluding hydrogens is 331 g/mol. The Balaban J connectivity index is 0. The van der Waals surface area contributed by atoms with Gasteiger partial charge in [0.25, 0.3) is 5.97 Å². The van der Waals surface area contributed by atoms with Crippen LogP contribution < -0.4 is 0 Å².